The van der Waals surface area contributed by atoms with Crippen molar-refractivity contribution in [1.82, 2.24) is 10.2 Å². The lowest BCUT2D eigenvalue weighted by atomic mass is 9.95. The molecule has 1 atom stereocenters. The number of likely N-dealkylation sites (tertiary alicyclic amines) is 1. The van der Waals surface area contributed by atoms with E-state index in [0.717, 1.165) is 55.4 Å². The topological polar surface area (TPSA) is 70.7 Å². The first-order valence-corrected chi connectivity index (χ1v) is 9.03. The van der Waals surface area contributed by atoms with Gasteiger partial charge in [0.15, 0.2) is 5.96 Å². The fraction of sp³-hybridized carbons (Fsp3) is 0.556. The molecule has 1 aromatic rings. The van der Waals surface area contributed by atoms with Crippen LogP contribution in [0.1, 0.15) is 31.7 Å². The number of carbonyl (C=O) groups is 1. The molecule has 5 nitrogen and oxygen atoms in total. The zero-order chi connectivity index (χ0) is 17.4. The number of benzene rings is 1. The minimum atomic E-state index is -0.220. The van der Waals surface area contributed by atoms with Crippen molar-refractivity contribution in [3.05, 3.63) is 34.9 Å². The molecule has 1 aromatic carbocycles. The van der Waals surface area contributed by atoms with Gasteiger partial charge in [-0.1, -0.05) is 29.8 Å². The third kappa shape index (κ3) is 7.40. The average Bonchev–Trinajstić information content (AvgIpc) is 2.55. The number of amides is 1. The molecule has 2 rings (SSSR count). The smallest absolute Gasteiger partial charge is 0.217 e. The van der Waals surface area contributed by atoms with E-state index in [-0.39, 0.29) is 29.9 Å². The van der Waals surface area contributed by atoms with Crippen LogP contribution >= 0.6 is 35.6 Å². The van der Waals surface area contributed by atoms with Crippen LogP contribution in [0.3, 0.4) is 0 Å². The number of rotatable bonds is 6. The second kappa shape index (κ2) is 11.6. The summed E-state index contributed by atoms with van der Waals surface area (Å²) in [5.41, 5.74) is 6.46. The summed E-state index contributed by atoms with van der Waals surface area (Å²) in [5, 5.41) is 4.14. The van der Waals surface area contributed by atoms with E-state index in [4.69, 9.17) is 22.3 Å². The van der Waals surface area contributed by atoms with Gasteiger partial charge in [-0.15, -0.1) is 24.0 Å². The molecule has 1 fully saturated rings. The predicted octanol–water partition coefficient (Wildman–Crippen LogP) is 3.05. The Bertz CT molecular complexity index is 582. The molecule has 1 heterocycles. The van der Waals surface area contributed by atoms with Crippen molar-refractivity contribution in [3.63, 3.8) is 0 Å². The zero-order valence-electron chi connectivity index (χ0n) is 14.7. The first-order valence-electron chi connectivity index (χ1n) is 8.65. The van der Waals surface area contributed by atoms with Gasteiger partial charge in [0.2, 0.25) is 5.91 Å². The largest absolute Gasteiger partial charge is 0.370 e. The minimum absolute atomic E-state index is 0. The number of piperidine rings is 1. The molecule has 0 saturated carbocycles. The van der Waals surface area contributed by atoms with E-state index in [1.54, 1.807) is 0 Å². The van der Waals surface area contributed by atoms with Crippen LogP contribution in [-0.2, 0) is 11.2 Å². The summed E-state index contributed by atoms with van der Waals surface area (Å²) in [5.74, 6) is 1.02. The van der Waals surface area contributed by atoms with Gasteiger partial charge in [0.25, 0.3) is 0 Å². The number of hydrogen-bond acceptors (Lipinski definition) is 2. The third-order valence-electron chi connectivity index (χ3n) is 4.24. The van der Waals surface area contributed by atoms with Crippen LogP contribution in [0, 0.1) is 5.92 Å². The Morgan fingerprint density at radius 2 is 2.20 bits per heavy atom. The number of aliphatic imine (C=N–C) groups is 1. The van der Waals surface area contributed by atoms with Crippen molar-refractivity contribution >= 4 is 47.4 Å². The molecule has 7 heteroatoms. The summed E-state index contributed by atoms with van der Waals surface area (Å²) in [4.78, 5) is 18.2. The molecular weight excluding hydrogens is 451 g/mol. The summed E-state index contributed by atoms with van der Waals surface area (Å²) < 4.78 is 0. The predicted molar refractivity (Wildman–Crippen MR) is 115 cm³/mol. The maximum absolute atomic E-state index is 11.2. The van der Waals surface area contributed by atoms with E-state index in [2.05, 4.69) is 17.1 Å². The van der Waals surface area contributed by atoms with Crippen molar-refractivity contribution in [2.75, 3.05) is 26.2 Å². The number of guanidine groups is 1. The number of primary amides is 1. The average molecular weight is 479 g/mol. The number of nitrogens with one attached hydrogen (secondary N) is 1. The van der Waals surface area contributed by atoms with Gasteiger partial charge < -0.3 is 16.0 Å². The number of halogens is 2. The number of nitrogens with zero attached hydrogens (tertiary/aromatic N) is 2. The Labute approximate surface area is 172 Å². The van der Waals surface area contributed by atoms with Crippen LogP contribution in [0.4, 0.5) is 0 Å². The van der Waals surface area contributed by atoms with Gasteiger partial charge in [0.1, 0.15) is 0 Å². The van der Waals surface area contributed by atoms with E-state index >= 15 is 0 Å². The van der Waals surface area contributed by atoms with Gasteiger partial charge in [-0.05, 0) is 43.7 Å². The lowest BCUT2D eigenvalue weighted by molar-refractivity contribution is -0.119. The molecule has 0 aromatic heterocycles. The molecule has 0 bridgehead atoms. The van der Waals surface area contributed by atoms with Crippen molar-refractivity contribution < 1.29 is 4.79 Å². The molecule has 0 spiro atoms. The van der Waals surface area contributed by atoms with Crippen LogP contribution in [-0.4, -0.2) is 42.9 Å². The number of carbonyl (C=O) groups excluding carboxylic acids is 1. The molecule has 0 radical (unpaired) electrons. The number of nitrogens with two attached hydrogens (primary N) is 1. The van der Waals surface area contributed by atoms with E-state index < -0.39 is 0 Å². The highest BCUT2D eigenvalue weighted by Gasteiger charge is 2.23. The molecule has 140 valence electrons. The summed E-state index contributed by atoms with van der Waals surface area (Å²) >= 11 is 6.20. The molecule has 1 amide bonds. The van der Waals surface area contributed by atoms with Crippen molar-refractivity contribution in [2.24, 2.45) is 16.6 Å². The second-order valence-corrected chi connectivity index (χ2v) is 6.61. The van der Waals surface area contributed by atoms with Crippen LogP contribution in [0.5, 0.6) is 0 Å². The Morgan fingerprint density at radius 3 is 2.88 bits per heavy atom. The summed E-state index contributed by atoms with van der Waals surface area (Å²) in [6, 6.07) is 7.88. The SMILES string of the molecule is CCNC(=NCCc1ccccc1Cl)N1CCCC(CC(N)=O)C1.I. The summed E-state index contributed by atoms with van der Waals surface area (Å²) in [7, 11) is 0. The molecule has 1 saturated heterocycles. The minimum Gasteiger partial charge on any atom is -0.370 e. The molecule has 1 unspecified atom stereocenters. The summed E-state index contributed by atoms with van der Waals surface area (Å²) in [6.45, 7) is 5.37. The van der Waals surface area contributed by atoms with Crippen LogP contribution in [0.15, 0.2) is 29.3 Å². The maximum atomic E-state index is 11.2. The van der Waals surface area contributed by atoms with E-state index in [9.17, 15) is 4.79 Å². The van der Waals surface area contributed by atoms with Gasteiger partial charge in [0, 0.05) is 37.6 Å². The van der Waals surface area contributed by atoms with E-state index in [1.807, 2.05) is 24.3 Å². The Morgan fingerprint density at radius 1 is 1.44 bits per heavy atom. The monoisotopic (exact) mass is 478 g/mol. The maximum Gasteiger partial charge on any atom is 0.217 e. The lowest BCUT2D eigenvalue weighted by Crippen LogP contribution is -2.47. The second-order valence-electron chi connectivity index (χ2n) is 6.20. The van der Waals surface area contributed by atoms with Crippen molar-refractivity contribution in [2.45, 2.75) is 32.6 Å². The number of hydrogen-bond donors (Lipinski definition) is 2. The Balaban J connectivity index is 0.00000312. The Hall–Kier alpha value is -1.02. The highest BCUT2D eigenvalue weighted by Crippen LogP contribution is 2.20. The first-order chi connectivity index (χ1) is 11.6. The van der Waals surface area contributed by atoms with Crippen molar-refractivity contribution in [1.29, 1.82) is 0 Å². The van der Waals surface area contributed by atoms with E-state index in [1.165, 1.54) is 0 Å². The normalized spacial score (nSPS) is 17.8. The fourth-order valence-electron chi connectivity index (χ4n) is 3.12. The lowest BCUT2D eigenvalue weighted by Gasteiger charge is -2.34. The van der Waals surface area contributed by atoms with Crippen LogP contribution in [0.2, 0.25) is 5.02 Å². The zero-order valence-corrected chi connectivity index (χ0v) is 17.8. The summed E-state index contributed by atoms with van der Waals surface area (Å²) in [6.07, 6.45) is 3.38. The standard InChI is InChI=1S/C18H27ClN4O.HI/c1-2-21-18(22-10-9-15-7-3-4-8-16(15)19)23-11-5-6-14(13-23)12-17(20)24;/h3-4,7-8,14H,2,5-6,9-13H2,1H3,(H2,20,24)(H,21,22);1H. The van der Waals surface area contributed by atoms with Crippen LogP contribution < -0.4 is 11.1 Å². The molecule has 25 heavy (non-hydrogen) atoms. The highest BCUT2D eigenvalue weighted by atomic mass is 127. The molecule has 0 aliphatic carbocycles. The van der Waals surface area contributed by atoms with Crippen LogP contribution in [0.25, 0.3) is 0 Å². The molecule has 1 aliphatic heterocycles. The van der Waals surface area contributed by atoms with Gasteiger partial charge in [-0.25, -0.2) is 0 Å². The Kier molecular flexibility index (Phi) is 10.2. The quantitative estimate of drug-likeness (QED) is 0.375. The van der Waals surface area contributed by atoms with Gasteiger partial charge in [0.05, 0.1) is 0 Å². The van der Waals surface area contributed by atoms with Crippen molar-refractivity contribution in [3.8, 4) is 0 Å². The fourth-order valence-corrected chi connectivity index (χ4v) is 3.35. The molecule has 1 aliphatic rings. The highest BCUT2D eigenvalue weighted by molar-refractivity contribution is 14.0. The van der Waals surface area contributed by atoms with Gasteiger partial charge in [-0.3, -0.25) is 9.79 Å². The first kappa shape index (κ1) is 22.0. The third-order valence-corrected chi connectivity index (χ3v) is 4.61. The van der Waals surface area contributed by atoms with Gasteiger partial charge in [-0.2, -0.15) is 0 Å². The molecular formula is C18H28ClIN4O. The van der Waals surface area contributed by atoms with E-state index in [0.29, 0.717) is 18.9 Å². The molecule has 3 N–H and O–H groups in total. The van der Waals surface area contributed by atoms with Gasteiger partial charge >= 0.3 is 0 Å².